The molecule has 1 N–H and O–H groups in total. The number of nitrogens with one attached hydrogen (secondary N) is 1. The highest BCUT2D eigenvalue weighted by atomic mass is 32.1. The largest absolute Gasteiger partial charge is 0.300 e. The van der Waals surface area contributed by atoms with E-state index in [-0.39, 0.29) is 12.5 Å². The molecule has 0 bridgehead atoms. The van der Waals surface area contributed by atoms with Gasteiger partial charge in [0.05, 0.1) is 0 Å². The Labute approximate surface area is 118 Å². The SMILES string of the molecule is O=C(Cn1nnnc1-c1ccccc1)Nc1nccs1. The first-order valence-corrected chi connectivity index (χ1v) is 6.72. The lowest BCUT2D eigenvalue weighted by Crippen LogP contribution is -2.20. The van der Waals surface area contributed by atoms with Crippen molar-refractivity contribution in [2.24, 2.45) is 0 Å². The Hall–Kier alpha value is -2.61. The van der Waals surface area contributed by atoms with Crippen LogP contribution in [0.1, 0.15) is 0 Å². The summed E-state index contributed by atoms with van der Waals surface area (Å²) in [4.78, 5) is 15.9. The fourth-order valence-corrected chi connectivity index (χ4v) is 2.23. The normalized spacial score (nSPS) is 10.4. The summed E-state index contributed by atoms with van der Waals surface area (Å²) >= 11 is 1.36. The third kappa shape index (κ3) is 2.69. The summed E-state index contributed by atoms with van der Waals surface area (Å²) in [5.74, 6) is 0.337. The molecular formula is C12H10N6OS. The van der Waals surface area contributed by atoms with Crippen molar-refractivity contribution in [1.82, 2.24) is 25.2 Å². The van der Waals surface area contributed by atoms with Crippen LogP contribution in [0, 0.1) is 0 Å². The number of carbonyl (C=O) groups excluding carboxylic acids is 1. The second-order valence-electron chi connectivity index (χ2n) is 3.91. The van der Waals surface area contributed by atoms with Crippen molar-refractivity contribution in [1.29, 1.82) is 0 Å². The van der Waals surface area contributed by atoms with E-state index in [1.165, 1.54) is 16.0 Å². The second-order valence-corrected chi connectivity index (χ2v) is 4.81. The quantitative estimate of drug-likeness (QED) is 0.784. The maximum absolute atomic E-state index is 11.9. The Balaban J connectivity index is 1.75. The highest BCUT2D eigenvalue weighted by molar-refractivity contribution is 7.13. The number of hydrogen-bond donors (Lipinski definition) is 1. The molecule has 0 saturated carbocycles. The van der Waals surface area contributed by atoms with Crippen LogP contribution in [-0.4, -0.2) is 31.1 Å². The van der Waals surface area contributed by atoms with E-state index in [2.05, 4.69) is 25.8 Å². The lowest BCUT2D eigenvalue weighted by molar-refractivity contribution is -0.116. The van der Waals surface area contributed by atoms with E-state index in [0.29, 0.717) is 11.0 Å². The fourth-order valence-electron chi connectivity index (χ4n) is 1.69. The van der Waals surface area contributed by atoms with E-state index >= 15 is 0 Å². The van der Waals surface area contributed by atoms with Gasteiger partial charge in [-0.05, 0) is 10.4 Å². The number of anilines is 1. The van der Waals surface area contributed by atoms with Gasteiger partial charge < -0.3 is 5.32 Å². The number of tetrazole rings is 1. The summed E-state index contributed by atoms with van der Waals surface area (Å²) in [5.41, 5.74) is 0.861. The fraction of sp³-hybridized carbons (Fsp3) is 0.0833. The van der Waals surface area contributed by atoms with Crippen LogP contribution in [0.25, 0.3) is 11.4 Å². The molecule has 0 spiro atoms. The van der Waals surface area contributed by atoms with Crippen molar-refractivity contribution >= 4 is 22.4 Å². The molecule has 20 heavy (non-hydrogen) atoms. The van der Waals surface area contributed by atoms with Gasteiger partial charge in [-0.2, -0.15) is 0 Å². The minimum absolute atomic E-state index is 0.0385. The van der Waals surface area contributed by atoms with Gasteiger partial charge in [-0.25, -0.2) is 9.67 Å². The van der Waals surface area contributed by atoms with Gasteiger partial charge >= 0.3 is 0 Å². The molecule has 0 fully saturated rings. The maximum atomic E-state index is 11.9. The molecular weight excluding hydrogens is 276 g/mol. The standard InChI is InChI=1S/C12H10N6OS/c19-10(14-12-13-6-7-20-12)8-18-11(15-16-17-18)9-4-2-1-3-5-9/h1-7H,8H2,(H,13,14,19). The molecule has 1 aromatic carbocycles. The molecule has 7 nitrogen and oxygen atoms in total. The zero-order valence-electron chi connectivity index (χ0n) is 10.3. The molecule has 8 heteroatoms. The average Bonchev–Trinajstić information content (AvgIpc) is 3.11. The van der Waals surface area contributed by atoms with Gasteiger partial charge in [-0.15, -0.1) is 16.4 Å². The maximum Gasteiger partial charge on any atom is 0.248 e. The van der Waals surface area contributed by atoms with Gasteiger partial charge in [0.1, 0.15) is 6.54 Å². The van der Waals surface area contributed by atoms with Gasteiger partial charge in [-0.3, -0.25) is 4.79 Å². The smallest absolute Gasteiger partial charge is 0.248 e. The monoisotopic (exact) mass is 286 g/mol. The first-order valence-electron chi connectivity index (χ1n) is 5.84. The van der Waals surface area contributed by atoms with Crippen LogP contribution in [-0.2, 0) is 11.3 Å². The van der Waals surface area contributed by atoms with Crippen LogP contribution in [0.5, 0.6) is 0 Å². The summed E-state index contributed by atoms with van der Waals surface area (Å²) < 4.78 is 1.46. The first-order chi connectivity index (χ1) is 9.83. The number of carbonyl (C=O) groups is 1. The van der Waals surface area contributed by atoms with Gasteiger partial charge in [0.2, 0.25) is 5.91 Å². The lowest BCUT2D eigenvalue weighted by Gasteiger charge is -2.04. The highest BCUT2D eigenvalue weighted by Gasteiger charge is 2.12. The molecule has 0 radical (unpaired) electrons. The zero-order chi connectivity index (χ0) is 13.8. The Morgan fingerprint density at radius 3 is 2.90 bits per heavy atom. The van der Waals surface area contributed by atoms with Gasteiger partial charge in [0.15, 0.2) is 11.0 Å². The van der Waals surface area contributed by atoms with Crippen molar-refractivity contribution in [2.75, 3.05) is 5.32 Å². The molecule has 0 unspecified atom stereocenters. The number of benzene rings is 1. The van der Waals surface area contributed by atoms with E-state index in [1.54, 1.807) is 11.6 Å². The van der Waals surface area contributed by atoms with Gasteiger partial charge in [0, 0.05) is 17.1 Å². The number of rotatable bonds is 4. The van der Waals surface area contributed by atoms with Crippen molar-refractivity contribution in [3.05, 3.63) is 41.9 Å². The van der Waals surface area contributed by atoms with E-state index in [1.807, 2.05) is 30.3 Å². The highest BCUT2D eigenvalue weighted by Crippen LogP contribution is 2.15. The van der Waals surface area contributed by atoms with Crippen LogP contribution in [0.15, 0.2) is 41.9 Å². The third-order valence-corrected chi connectivity index (χ3v) is 3.22. The Morgan fingerprint density at radius 2 is 2.15 bits per heavy atom. The van der Waals surface area contributed by atoms with Crippen LogP contribution < -0.4 is 5.32 Å². The summed E-state index contributed by atoms with van der Waals surface area (Å²) in [6.45, 7) is 0.0385. The van der Waals surface area contributed by atoms with Crippen molar-refractivity contribution in [2.45, 2.75) is 6.54 Å². The molecule has 100 valence electrons. The Kier molecular flexibility index (Phi) is 3.46. The molecule has 0 atom stereocenters. The minimum atomic E-state index is -0.218. The number of aromatic nitrogens is 5. The Bertz CT molecular complexity index is 694. The topological polar surface area (TPSA) is 85.6 Å². The predicted molar refractivity (Wildman–Crippen MR) is 74.0 cm³/mol. The summed E-state index contributed by atoms with van der Waals surface area (Å²) in [7, 11) is 0. The number of hydrogen-bond acceptors (Lipinski definition) is 6. The summed E-state index contributed by atoms with van der Waals surface area (Å²) in [6.07, 6.45) is 1.63. The molecule has 0 saturated heterocycles. The van der Waals surface area contributed by atoms with Crippen LogP contribution >= 0.6 is 11.3 Å². The van der Waals surface area contributed by atoms with Gasteiger partial charge in [0.25, 0.3) is 0 Å². The molecule has 1 amide bonds. The first kappa shape index (κ1) is 12.4. The van der Waals surface area contributed by atoms with Crippen molar-refractivity contribution in [3.8, 4) is 11.4 Å². The summed E-state index contributed by atoms with van der Waals surface area (Å²) in [6, 6.07) is 9.47. The number of thiazole rings is 1. The summed E-state index contributed by atoms with van der Waals surface area (Å²) in [5, 5.41) is 16.4. The number of nitrogens with zero attached hydrogens (tertiary/aromatic N) is 5. The van der Waals surface area contributed by atoms with Gasteiger partial charge in [-0.1, -0.05) is 30.3 Å². The van der Waals surface area contributed by atoms with Crippen molar-refractivity contribution < 1.29 is 4.79 Å². The molecule has 3 rings (SSSR count). The minimum Gasteiger partial charge on any atom is -0.300 e. The molecule has 0 aliphatic carbocycles. The Morgan fingerprint density at radius 1 is 1.30 bits per heavy atom. The molecule has 0 aliphatic heterocycles. The molecule has 0 aliphatic rings. The zero-order valence-corrected chi connectivity index (χ0v) is 11.1. The van der Waals surface area contributed by atoms with Crippen LogP contribution in [0.3, 0.4) is 0 Å². The van der Waals surface area contributed by atoms with Crippen LogP contribution in [0.4, 0.5) is 5.13 Å². The van der Waals surface area contributed by atoms with Crippen molar-refractivity contribution in [3.63, 3.8) is 0 Å². The third-order valence-electron chi connectivity index (χ3n) is 2.54. The molecule has 2 heterocycles. The molecule has 2 aromatic heterocycles. The number of amides is 1. The predicted octanol–water partition coefficient (Wildman–Crippen LogP) is 1.44. The van der Waals surface area contributed by atoms with E-state index in [0.717, 1.165) is 5.56 Å². The second kappa shape index (κ2) is 5.57. The van der Waals surface area contributed by atoms with E-state index in [4.69, 9.17) is 0 Å². The van der Waals surface area contributed by atoms with Crippen LogP contribution in [0.2, 0.25) is 0 Å². The van der Waals surface area contributed by atoms with E-state index < -0.39 is 0 Å². The molecule has 3 aromatic rings. The average molecular weight is 286 g/mol. The lowest BCUT2D eigenvalue weighted by atomic mass is 10.2. The van der Waals surface area contributed by atoms with E-state index in [9.17, 15) is 4.79 Å².